The number of aliphatic hydroxyl groups excluding tert-OH is 12. The predicted octanol–water partition coefficient (Wildman–Crippen LogP) is -9.46. The average molecular weight is 749 g/mol. The van der Waals surface area contributed by atoms with Gasteiger partial charge in [-0.3, -0.25) is 9.59 Å². The topological polar surface area (TPSA) is 366 Å². The predicted molar refractivity (Wildman–Crippen MR) is 157 cm³/mol. The molecule has 4 rings (SSSR count). The summed E-state index contributed by atoms with van der Waals surface area (Å²) in [6.45, 7) is -1.28. The van der Waals surface area contributed by atoms with Crippen LogP contribution in [-0.4, -0.2) is 222 Å². The Morgan fingerprint density at radius 3 is 1.41 bits per heavy atom. The van der Waals surface area contributed by atoms with Gasteiger partial charge in [-0.25, -0.2) is 0 Å². The van der Waals surface area contributed by atoms with Crippen molar-refractivity contribution >= 4 is 11.8 Å². The molecule has 23 nitrogen and oxygen atoms in total. The Kier molecular flexibility index (Phi) is 14.8. The zero-order chi connectivity index (χ0) is 37.9. The van der Waals surface area contributed by atoms with Gasteiger partial charge in [0.05, 0.1) is 26.4 Å². The van der Waals surface area contributed by atoms with Crippen LogP contribution >= 0.6 is 0 Å². The molecule has 51 heavy (non-hydrogen) atoms. The molecule has 4 aliphatic heterocycles. The van der Waals surface area contributed by atoms with Gasteiger partial charge in [0.15, 0.2) is 25.2 Å². The molecule has 0 saturated carbocycles. The number of carbonyl (C=O) groups is 2. The minimum Gasteiger partial charge on any atom is -0.394 e. The standard InChI is InChI=1S/C28H48N2O21/c1-7(35)29-13-17(39)22(11(5-33)45-25(13)44)49-26-14(30-8(2)36)18(40)23(12(6-34)48-26)50-28-21(43)24(16(38)10(4-32)47-28)51-27-20(42)19(41)15(37)9(3-31)46-27/h9-28,31-34,37-44H,3-6H2,1-2H3,(H,29,35)(H,30,36)/t9-,10-,11-,12-,13-,14-,15-,16-,17-,18-,19+,20+,21+,22-,23-,24+,25-,26-,27+,28+/m1/s1. The lowest BCUT2D eigenvalue weighted by molar-refractivity contribution is -0.379. The van der Waals surface area contributed by atoms with Crippen molar-refractivity contribution in [3.05, 3.63) is 0 Å². The Hall–Kier alpha value is -1.82. The summed E-state index contributed by atoms with van der Waals surface area (Å²) in [4.78, 5) is 23.9. The van der Waals surface area contributed by atoms with Crippen LogP contribution in [0.1, 0.15) is 13.8 Å². The zero-order valence-electron chi connectivity index (χ0n) is 27.4. The molecule has 0 spiro atoms. The van der Waals surface area contributed by atoms with Crippen LogP contribution in [0.15, 0.2) is 0 Å². The summed E-state index contributed by atoms with van der Waals surface area (Å²) in [5, 5.41) is 130. The van der Waals surface area contributed by atoms with Crippen LogP contribution in [0.4, 0.5) is 0 Å². The fraction of sp³-hybridized carbons (Fsp3) is 0.929. The number of rotatable bonds is 12. The number of ether oxygens (including phenoxy) is 7. The molecule has 0 aromatic carbocycles. The highest BCUT2D eigenvalue weighted by molar-refractivity contribution is 5.73. The molecule has 4 aliphatic rings. The zero-order valence-corrected chi connectivity index (χ0v) is 27.4. The van der Waals surface area contributed by atoms with Gasteiger partial charge in [0.25, 0.3) is 0 Å². The van der Waals surface area contributed by atoms with Crippen LogP contribution in [0, 0.1) is 0 Å². The molecule has 0 aromatic rings. The van der Waals surface area contributed by atoms with Crippen LogP contribution in [-0.2, 0) is 42.7 Å². The molecule has 296 valence electrons. The summed E-state index contributed by atoms with van der Waals surface area (Å²) in [7, 11) is 0. The van der Waals surface area contributed by atoms with Gasteiger partial charge in [-0.2, -0.15) is 0 Å². The second kappa shape index (κ2) is 18.0. The van der Waals surface area contributed by atoms with E-state index in [1.54, 1.807) is 0 Å². The van der Waals surface area contributed by atoms with Gasteiger partial charge in [-0.1, -0.05) is 0 Å². The second-order valence-electron chi connectivity index (χ2n) is 12.6. The van der Waals surface area contributed by atoms with Gasteiger partial charge in [0.1, 0.15) is 97.5 Å². The van der Waals surface area contributed by atoms with E-state index < -0.39 is 161 Å². The molecule has 14 N–H and O–H groups in total. The third-order valence-corrected chi connectivity index (χ3v) is 9.01. The maximum atomic E-state index is 12.2. The van der Waals surface area contributed by atoms with Crippen molar-refractivity contribution in [2.75, 3.05) is 26.4 Å². The van der Waals surface area contributed by atoms with Gasteiger partial charge >= 0.3 is 0 Å². The van der Waals surface area contributed by atoms with Crippen molar-refractivity contribution < 1.29 is 104 Å². The van der Waals surface area contributed by atoms with Crippen molar-refractivity contribution in [3.63, 3.8) is 0 Å². The Bertz CT molecular complexity index is 1140. The monoisotopic (exact) mass is 748 g/mol. The lowest BCUT2D eigenvalue weighted by atomic mass is 9.94. The molecule has 0 aliphatic carbocycles. The number of carbonyl (C=O) groups excluding carboxylic acids is 2. The van der Waals surface area contributed by atoms with Crippen LogP contribution in [0.25, 0.3) is 0 Å². The third-order valence-electron chi connectivity index (χ3n) is 9.01. The first-order chi connectivity index (χ1) is 24.1. The minimum absolute atomic E-state index is 0.660. The largest absolute Gasteiger partial charge is 0.394 e. The van der Waals surface area contributed by atoms with Gasteiger partial charge in [0.2, 0.25) is 11.8 Å². The molecule has 0 radical (unpaired) electrons. The number of hydrogen-bond acceptors (Lipinski definition) is 21. The van der Waals surface area contributed by atoms with Crippen molar-refractivity contribution in [2.24, 2.45) is 0 Å². The minimum atomic E-state index is -2.04. The highest BCUT2D eigenvalue weighted by Crippen LogP contribution is 2.34. The van der Waals surface area contributed by atoms with E-state index in [1.165, 1.54) is 0 Å². The Labute approximate surface area is 289 Å². The highest BCUT2D eigenvalue weighted by atomic mass is 16.8. The fourth-order valence-electron chi connectivity index (χ4n) is 6.35. The van der Waals surface area contributed by atoms with Gasteiger partial charge < -0.3 is 105 Å². The summed E-state index contributed by atoms with van der Waals surface area (Å²) in [6.07, 6.45) is -31.4. The van der Waals surface area contributed by atoms with Gasteiger partial charge in [-0.05, 0) is 0 Å². The van der Waals surface area contributed by atoms with Crippen molar-refractivity contribution in [1.82, 2.24) is 10.6 Å². The molecule has 0 bridgehead atoms. The number of aliphatic hydroxyl groups is 12. The van der Waals surface area contributed by atoms with Crippen molar-refractivity contribution in [3.8, 4) is 0 Å². The molecular formula is C28H48N2O21. The summed E-state index contributed by atoms with van der Waals surface area (Å²) < 4.78 is 39.1. The van der Waals surface area contributed by atoms with E-state index in [1.807, 2.05) is 0 Å². The van der Waals surface area contributed by atoms with E-state index in [0.29, 0.717) is 0 Å². The normalized spacial score (nSPS) is 47.8. The fourth-order valence-corrected chi connectivity index (χ4v) is 6.35. The Morgan fingerprint density at radius 2 is 0.882 bits per heavy atom. The first kappa shape index (κ1) is 41.9. The summed E-state index contributed by atoms with van der Waals surface area (Å²) >= 11 is 0. The molecule has 4 heterocycles. The lowest BCUT2D eigenvalue weighted by Gasteiger charge is -2.50. The third kappa shape index (κ3) is 9.11. The number of hydrogen-bond donors (Lipinski definition) is 14. The van der Waals surface area contributed by atoms with E-state index in [4.69, 9.17) is 33.2 Å². The average Bonchev–Trinajstić information content (AvgIpc) is 3.09. The molecular weight excluding hydrogens is 700 g/mol. The SMILES string of the molecule is CC(=O)N[C@@H]1[C@@H](O)[C@H](O[C@H]2O[C@H](CO)[C@@H](O[C@@H]3O[C@H](CO)[C@@H](O)[C@H](O[C@@H]4O[C@H](CO)[C@@H](O)[C@H](O)[C@@H]4O)[C@@H]3O)[C@H](O)[C@H]2NC(C)=O)[C@@H](CO)O[C@H]1O. The first-order valence-electron chi connectivity index (χ1n) is 16.1. The Balaban J connectivity index is 1.56. The van der Waals surface area contributed by atoms with Gasteiger partial charge in [-0.15, -0.1) is 0 Å². The number of amides is 2. The van der Waals surface area contributed by atoms with E-state index in [-0.39, 0.29) is 0 Å². The summed E-state index contributed by atoms with van der Waals surface area (Å²) in [5.41, 5.74) is 0. The summed E-state index contributed by atoms with van der Waals surface area (Å²) in [6, 6.07) is -3.04. The summed E-state index contributed by atoms with van der Waals surface area (Å²) in [5.74, 6) is -1.40. The van der Waals surface area contributed by atoms with Crippen molar-refractivity contribution in [2.45, 2.75) is 137 Å². The first-order valence-corrected chi connectivity index (χ1v) is 16.1. The van der Waals surface area contributed by atoms with Crippen LogP contribution < -0.4 is 10.6 Å². The lowest BCUT2D eigenvalue weighted by Crippen LogP contribution is -2.70. The second-order valence-corrected chi connectivity index (χ2v) is 12.6. The maximum Gasteiger partial charge on any atom is 0.217 e. The molecule has 23 heteroatoms. The van der Waals surface area contributed by atoms with Crippen LogP contribution in [0.2, 0.25) is 0 Å². The molecule has 0 aromatic heterocycles. The van der Waals surface area contributed by atoms with E-state index in [2.05, 4.69) is 10.6 Å². The molecule has 0 unspecified atom stereocenters. The molecule has 4 fully saturated rings. The highest BCUT2D eigenvalue weighted by Gasteiger charge is 2.55. The smallest absolute Gasteiger partial charge is 0.217 e. The molecule has 20 atom stereocenters. The van der Waals surface area contributed by atoms with Crippen LogP contribution in [0.5, 0.6) is 0 Å². The van der Waals surface area contributed by atoms with E-state index in [9.17, 15) is 70.9 Å². The number of nitrogens with one attached hydrogen (secondary N) is 2. The van der Waals surface area contributed by atoms with E-state index >= 15 is 0 Å². The Morgan fingerprint density at radius 1 is 0.471 bits per heavy atom. The van der Waals surface area contributed by atoms with Gasteiger partial charge in [0, 0.05) is 13.8 Å². The maximum absolute atomic E-state index is 12.2. The van der Waals surface area contributed by atoms with Crippen LogP contribution in [0.3, 0.4) is 0 Å². The quantitative estimate of drug-likeness (QED) is 0.0881. The van der Waals surface area contributed by atoms with Crippen molar-refractivity contribution in [1.29, 1.82) is 0 Å². The molecule has 4 saturated heterocycles. The molecule has 2 amide bonds. The van der Waals surface area contributed by atoms with E-state index in [0.717, 1.165) is 13.8 Å².